The molecule has 110 valence electrons. The fourth-order valence-corrected chi connectivity index (χ4v) is 4.91. The Bertz CT molecular complexity index is 813. The molecule has 0 radical (unpaired) electrons. The van der Waals surface area contributed by atoms with Crippen molar-refractivity contribution in [3.8, 4) is 5.75 Å². The van der Waals surface area contributed by atoms with Gasteiger partial charge in [-0.1, -0.05) is 0 Å². The molecule has 1 N–H and O–H groups in total. The molecule has 0 unspecified atom stereocenters. The molecular formula is C13H10BrNO4S2. The number of aryl methyl sites for hydroxylation is 1. The van der Waals surface area contributed by atoms with Gasteiger partial charge in [0.15, 0.2) is 4.21 Å². The van der Waals surface area contributed by atoms with Crippen molar-refractivity contribution in [1.82, 2.24) is 0 Å². The monoisotopic (exact) mass is 387 g/mol. The maximum absolute atomic E-state index is 12.1. The molecule has 1 amide bonds. The molecule has 5 nitrogen and oxygen atoms in total. The Balaban J connectivity index is 1.87. The minimum absolute atomic E-state index is 0.0350. The third kappa shape index (κ3) is 3.12. The molecule has 1 aliphatic heterocycles. The minimum Gasteiger partial charge on any atom is -0.378 e. The van der Waals surface area contributed by atoms with Crippen LogP contribution in [0.25, 0.3) is 0 Å². The lowest BCUT2D eigenvalue weighted by Gasteiger charge is -2.17. The zero-order valence-electron chi connectivity index (χ0n) is 10.6. The maximum Gasteiger partial charge on any atom is 0.348 e. The molecule has 0 aliphatic carbocycles. The first-order valence-corrected chi connectivity index (χ1v) is 9.08. The molecule has 0 bridgehead atoms. The number of anilines is 1. The van der Waals surface area contributed by atoms with E-state index in [4.69, 9.17) is 4.18 Å². The lowest BCUT2D eigenvalue weighted by Crippen LogP contribution is -2.19. The van der Waals surface area contributed by atoms with Crippen molar-refractivity contribution >= 4 is 49.0 Å². The number of thiophene rings is 1. The highest BCUT2D eigenvalue weighted by Crippen LogP contribution is 2.31. The summed E-state index contributed by atoms with van der Waals surface area (Å²) in [6.45, 7) is 0. The van der Waals surface area contributed by atoms with Gasteiger partial charge in [-0.25, -0.2) is 0 Å². The Kier molecular flexibility index (Phi) is 3.76. The van der Waals surface area contributed by atoms with Crippen LogP contribution in [0.15, 0.2) is 38.3 Å². The summed E-state index contributed by atoms with van der Waals surface area (Å²) in [6.07, 6.45) is 0.962. The van der Waals surface area contributed by atoms with Gasteiger partial charge in [-0.15, -0.1) is 11.3 Å². The van der Waals surface area contributed by atoms with Gasteiger partial charge in [0.25, 0.3) is 0 Å². The lowest BCUT2D eigenvalue weighted by atomic mass is 10.0. The molecule has 21 heavy (non-hydrogen) atoms. The minimum atomic E-state index is -3.83. The molecule has 2 heterocycles. The molecule has 0 saturated carbocycles. The Morgan fingerprint density at radius 2 is 2.00 bits per heavy atom. The Morgan fingerprint density at radius 1 is 1.19 bits per heavy atom. The molecule has 0 saturated heterocycles. The van der Waals surface area contributed by atoms with E-state index in [1.165, 1.54) is 12.1 Å². The van der Waals surface area contributed by atoms with Crippen molar-refractivity contribution in [3.05, 3.63) is 39.7 Å². The molecule has 0 atom stereocenters. The number of nitrogens with one attached hydrogen (secondary N) is 1. The zero-order chi connectivity index (χ0) is 15.0. The van der Waals surface area contributed by atoms with Crippen LogP contribution in [0.4, 0.5) is 5.69 Å². The van der Waals surface area contributed by atoms with Crippen LogP contribution in [0.5, 0.6) is 5.75 Å². The Morgan fingerprint density at radius 3 is 2.71 bits per heavy atom. The number of carbonyl (C=O) groups excluding carboxylic acids is 1. The normalized spacial score (nSPS) is 14.4. The lowest BCUT2D eigenvalue weighted by molar-refractivity contribution is -0.116. The Hall–Kier alpha value is -1.38. The molecule has 1 aromatic heterocycles. The molecule has 1 aromatic carbocycles. The molecule has 3 rings (SSSR count). The molecule has 1 aliphatic rings. The summed E-state index contributed by atoms with van der Waals surface area (Å²) in [5.74, 6) is 0.210. The summed E-state index contributed by atoms with van der Waals surface area (Å²) in [6, 6.07) is 7.98. The van der Waals surface area contributed by atoms with Crippen molar-refractivity contribution in [2.24, 2.45) is 0 Å². The Labute approximate surface area is 134 Å². The van der Waals surface area contributed by atoms with Gasteiger partial charge in [-0.05, 0) is 58.2 Å². The van der Waals surface area contributed by atoms with Gasteiger partial charge in [-0.3, -0.25) is 4.79 Å². The quantitative estimate of drug-likeness (QED) is 0.820. The van der Waals surface area contributed by atoms with Gasteiger partial charge in [0.1, 0.15) is 5.75 Å². The molecule has 0 spiro atoms. The number of carbonyl (C=O) groups is 1. The number of halogens is 1. The van der Waals surface area contributed by atoms with E-state index in [-0.39, 0.29) is 15.9 Å². The number of amides is 1. The van der Waals surface area contributed by atoms with Crippen LogP contribution in [0.3, 0.4) is 0 Å². The van der Waals surface area contributed by atoms with E-state index in [0.29, 0.717) is 18.5 Å². The third-order valence-electron chi connectivity index (χ3n) is 2.97. The predicted molar refractivity (Wildman–Crippen MR) is 83.2 cm³/mol. The number of fused-ring (bicyclic) bond motifs is 1. The van der Waals surface area contributed by atoms with E-state index in [9.17, 15) is 13.2 Å². The smallest absolute Gasteiger partial charge is 0.348 e. The molecule has 8 heteroatoms. The van der Waals surface area contributed by atoms with Crippen LogP contribution in [0, 0.1) is 0 Å². The third-order valence-corrected chi connectivity index (χ3v) is 6.29. The second-order valence-electron chi connectivity index (χ2n) is 4.46. The van der Waals surface area contributed by atoms with E-state index in [2.05, 4.69) is 21.2 Å². The topological polar surface area (TPSA) is 72.5 Å². The molecule has 0 fully saturated rings. The first-order valence-electron chi connectivity index (χ1n) is 6.07. The van der Waals surface area contributed by atoms with Crippen LogP contribution < -0.4 is 9.50 Å². The molecule has 2 aromatic rings. The van der Waals surface area contributed by atoms with Gasteiger partial charge in [0.2, 0.25) is 5.91 Å². The number of benzene rings is 1. The van der Waals surface area contributed by atoms with Gasteiger partial charge in [-0.2, -0.15) is 8.42 Å². The van der Waals surface area contributed by atoms with Gasteiger partial charge in [0.05, 0.1) is 3.79 Å². The highest BCUT2D eigenvalue weighted by Gasteiger charge is 2.21. The van der Waals surface area contributed by atoms with E-state index in [0.717, 1.165) is 20.7 Å². The summed E-state index contributed by atoms with van der Waals surface area (Å²) in [7, 11) is -3.83. The van der Waals surface area contributed by atoms with Crippen LogP contribution in [0.1, 0.15) is 12.0 Å². The largest absolute Gasteiger partial charge is 0.378 e. The van der Waals surface area contributed by atoms with Gasteiger partial charge >= 0.3 is 10.1 Å². The van der Waals surface area contributed by atoms with Crippen molar-refractivity contribution < 1.29 is 17.4 Å². The maximum atomic E-state index is 12.1. The van der Waals surface area contributed by atoms with Crippen molar-refractivity contribution in [2.45, 2.75) is 17.1 Å². The van der Waals surface area contributed by atoms with Crippen molar-refractivity contribution in [3.63, 3.8) is 0 Å². The number of rotatable bonds is 3. The van der Waals surface area contributed by atoms with Gasteiger partial charge < -0.3 is 9.50 Å². The first kappa shape index (κ1) is 14.6. The summed E-state index contributed by atoms with van der Waals surface area (Å²) in [5, 5.41) is 2.74. The highest BCUT2D eigenvalue weighted by molar-refractivity contribution is 9.11. The number of hydrogen-bond donors (Lipinski definition) is 1. The van der Waals surface area contributed by atoms with Crippen LogP contribution in [0.2, 0.25) is 0 Å². The van der Waals surface area contributed by atoms with Crippen LogP contribution in [-0.4, -0.2) is 14.3 Å². The second-order valence-corrected chi connectivity index (χ2v) is 8.70. The van der Waals surface area contributed by atoms with Crippen LogP contribution >= 0.6 is 27.3 Å². The van der Waals surface area contributed by atoms with Crippen molar-refractivity contribution in [2.75, 3.05) is 5.32 Å². The SMILES string of the molecule is O=C1CCc2cc(OS(=O)(=O)c3ccc(Br)s3)ccc2N1. The van der Waals surface area contributed by atoms with Gasteiger partial charge in [0, 0.05) is 12.1 Å². The average Bonchev–Trinajstić information content (AvgIpc) is 2.86. The van der Waals surface area contributed by atoms with E-state index in [1.54, 1.807) is 18.2 Å². The zero-order valence-corrected chi connectivity index (χ0v) is 13.8. The van der Waals surface area contributed by atoms with Crippen molar-refractivity contribution in [1.29, 1.82) is 0 Å². The van der Waals surface area contributed by atoms with Crippen LogP contribution in [-0.2, 0) is 21.3 Å². The first-order chi connectivity index (χ1) is 9.94. The summed E-state index contributed by atoms with van der Waals surface area (Å²) in [4.78, 5) is 11.3. The predicted octanol–water partition coefficient (Wildman–Crippen LogP) is 3.16. The fourth-order valence-electron chi connectivity index (χ4n) is 2.01. The average molecular weight is 388 g/mol. The number of hydrogen-bond acceptors (Lipinski definition) is 5. The molecular weight excluding hydrogens is 378 g/mol. The summed E-state index contributed by atoms with van der Waals surface area (Å²) >= 11 is 4.31. The summed E-state index contributed by atoms with van der Waals surface area (Å²) < 4.78 is 30.3. The highest BCUT2D eigenvalue weighted by atomic mass is 79.9. The van der Waals surface area contributed by atoms with E-state index < -0.39 is 10.1 Å². The van der Waals surface area contributed by atoms with E-state index in [1.807, 2.05) is 0 Å². The standard InChI is InChI=1S/C13H10BrNO4S2/c14-11-4-6-13(20-11)21(17,18)19-9-2-3-10-8(7-9)1-5-12(16)15-10/h2-4,6-7H,1,5H2,(H,15,16). The second kappa shape index (κ2) is 5.43. The summed E-state index contributed by atoms with van der Waals surface area (Å²) in [5.41, 5.74) is 1.57. The van der Waals surface area contributed by atoms with E-state index >= 15 is 0 Å². The fraction of sp³-hybridized carbons (Fsp3) is 0.154.